The van der Waals surface area contributed by atoms with Crippen molar-refractivity contribution in [3.05, 3.63) is 59.7 Å². The van der Waals surface area contributed by atoms with E-state index in [4.69, 9.17) is 10.8 Å². The molecule has 0 saturated carbocycles. The molecule has 0 aliphatic carbocycles. The van der Waals surface area contributed by atoms with E-state index in [0.29, 0.717) is 23.1 Å². The highest BCUT2D eigenvalue weighted by molar-refractivity contribution is 5.98. The van der Waals surface area contributed by atoms with Crippen molar-refractivity contribution < 1.29 is 19.4 Å². The number of carbonyl (C=O) groups excluding carboxylic acids is 2. The summed E-state index contributed by atoms with van der Waals surface area (Å²) in [5, 5.41) is 8.73. The van der Waals surface area contributed by atoms with Crippen LogP contribution >= 0.6 is 0 Å². The van der Waals surface area contributed by atoms with E-state index in [2.05, 4.69) is 4.74 Å². The van der Waals surface area contributed by atoms with Gasteiger partial charge in [-0.2, -0.15) is 0 Å². The van der Waals surface area contributed by atoms with Crippen LogP contribution in [-0.2, 0) is 4.74 Å². The summed E-state index contributed by atoms with van der Waals surface area (Å²) in [5.41, 5.74) is 6.54. The van der Waals surface area contributed by atoms with Crippen molar-refractivity contribution in [2.75, 3.05) is 12.8 Å². The number of aldehydes is 1. The van der Waals surface area contributed by atoms with Gasteiger partial charge in [-0.1, -0.05) is 24.3 Å². The maximum atomic E-state index is 11.0. The molecule has 0 fully saturated rings. The number of phenols is 1. The SMILES string of the molecule is COC(=O)c1ccccc1C=O.Nc1cccc(O)c1. The predicted octanol–water partition coefficient (Wildman–Crippen LogP) is 2.26. The third-order valence-electron chi connectivity index (χ3n) is 2.36. The Morgan fingerprint density at radius 3 is 2.40 bits per heavy atom. The van der Waals surface area contributed by atoms with Crippen molar-refractivity contribution in [2.45, 2.75) is 0 Å². The summed E-state index contributed by atoms with van der Waals surface area (Å²) in [6, 6.07) is 13.0. The number of phenolic OH excluding ortho intramolecular Hbond substituents is 1. The van der Waals surface area contributed by atoms with E-state index in [1.165, 1.54) is 13.2 Å². The number of aromatic hydroxyl groups is 1. The summed E-state index contributed by atoms with van der Waals surface area (Å²) >= 11 is 0. The number of nitrogen functional groups attached to an aromatic ring is 1. The molecule has 20 heavy (non-hydrogen) atoms. The molecule has 0 aliphatic heterocycles. The average molecular weight is 273 g/mol. The third kappa shape index (κ3) is 4.45. The minimum absolute atomic E-state index is 0.213. The third-order valence-corrected chi connectivity index (χ3v) is 2.36. The Balaban J connectivity index is 0.000000217. The number of rotatable bonds is 2. The van der Waals surface area contributed by atoms with Gasteiger partial charge in [-0.25, -0.2) is 4.79 Å². The van der Waals surface area contributed by atoms with Gasteiger partial charge in [0.25, 0.3) is 0 Å². The molecule has 0 aromatic heterocycles. The van der Waals surface area contributed by atoms with Gasteiger partial charge in [0.2, 0.25) is 0 Å². The van der Waals surface area contributed by atoms with Crippen LogP contribution in [0.4, 0.5) is 5.69 Å². The van der Waals surface area contributed by atoms with Gasteiger partial charge in [0.05, 0.1) is 12.7 Å². The Morgan fingerprint density at radius 1 is 1.20 bits per heavy atom. The molecule has 0 bridgehead atoms. The van der Waals surface area contributed by atoms with Gasteiger partial charge in [-0.3, -0.25) is 4.79 Å². The average Bonchev–Trinajstić information content (AvgIpc) is 2.46. The quantitative estimate of drug-likeness (QED) is 0.497. The minimum atomic E-state index is -0.488. The maximum Gasteiger partial charge on any atom is 0.338 e. The standard InChI is InChI=1S/C9H8O3.C6H7NO/c1-12-9(11)8-5-3-2-4-7(8)6-10;7-5-2-1-3-6(8)4-5/h2-6H,1H3;1-4,8H,7H2. The van der Waals surface area contributed by atoms with Crippen molar-refractivity contribution in [1.29, 1.82) is 0 Å². The number of benzene rings is 2. The normalized spacial score (nSPS) is 9.05. The van der Waals surface area contributed by atoms with Gasteiger partial charge in [0.1, 0.15) is 5.75 Å². The minimum Gasteiger partial charge on any atom is -0.508 e. The lowest BCUT2D eigenvalue weighted by molar-refractivity contribution is 0.0598. The summed E-state index contributed by atoms with van der Waals surface area (Å²) in [6.07, 6.45) is 0.631. The number of ether oxygens (including phenoxy) is 1. The summed E-state index contributed by atoms with van der Waals surface area (Å²) in [5.74, 6) is -0.275. The second-order valence-electron chi connectivity index (χ2n) is 3.79. The van der Waals surface area contributed by atoms with Crippen molar-refractivity contribution in [1.82, 2.24) is 0 Å². The number of methoxy groups -OCH3 is 1. The molecular formula is C15H15NO4. The van der Waals surface area contributed by atoms with E-state index < -0.39 is 5.97 Å². The number of hydrogen-bond acceptors (Lipinski definition) is 5. The molecular weight excluding hydrogens is 258 g/mol. The van der Waals surface area contributed by atoms with Gasteiger partial charge < -0.3 is 15.6 Å². The van der Waals surface area contributed by atoms with Crippen molar-refractivity contribution in [2.24, 2.45) is 0 Å². The lowest BCUT2D eigenvalue weighted by Gasteiger charge is -2.00. The monoisotopic (exact) mass is 273 g/mol. The molecule has 0 spiro atoms. The molecule has 0 saturated heterocycles. The van der Waals surface area contributed by atoms with E-state index in [9.17, 15) is 9.59 Å². The highest BCUT2D eigenvalue weighted by atomic mass is 16.5. The Bertz CT molecular complexity index is 579. The zero-order valence-electron chi connectivity index (χ0n) is 10.9. The van der Waals surface area contributed by atoms with Crippen molar-refractivity contribution in [3.8, 4) is 5.75 Å². The molecule has 3 N–H and O–H groups in total. The molecule has 0 radical (unpaired) electrons. The molecule has 0 heterocycles. The van der Waals surface area contributed by atoms with Crippen LogP contribution in [0.2, 0.25) is 0 Å². The van der Waals surface area contributed by atoms with Crippen LogP contribution in [0, 0.1) is 0 Å². The smallest absolute Gasteiger partial charge is 0.338 e. The van der Waals surface area contributed by atoms with Crippen molar-refractivity contribution in [3.63, 3.8) is 0 Å². The largest absolute Gasteiger partial charge is 0.508 e. The molecule has 5 nitrogen and oxygen atoms in total. The molecule has 2 aromatic rings. The number of anilines is 1. The van der Waals surface area contributed by atoms with Crippen molar-refractivity contribution >= 4 is 17.9 Å². The van der Waals surface area contributed by atoms with E-state index in [-0.39, 0.29) is 5.75 Å². The van der Waals surface area contributed by atoms with Gasteiger partial charge >= 0.3 is 5.97 Å². The Labute approximate surface area is 116 Å². The molecule has 0 amide bonds. The fourth-order valence-electron chi connectivity index (χ4n) is 1.42. The maximum absolute atomic E-state index is 11.0. The number of nitrogens with two attached hydrogens (primary N) is 1. The van der Waals surface area contributed by atoms with Gasteiger partial charge in [0, 0.05) is 17.3 Å². The summed E-state index contributed by atoms with van der Waals surface area (Å²) < 4.78 is 4.48. The fraction of sp³-hybridized carbons (Fsp3) is 0.0667. The first kappa shape index (κ1) is 15.2. The van der Waals surface area contributed by atoms with Gasteiger partial charge in [-0.05, 0) is 18.2 Å². The summed E-state index contributed by atoms with van der Waals surface area (Å²) in [4.78, 5) is 21.5. The number of carbonyl (C=O) groups is 2. The first-order valence-electron chi connectivity index (χ1n) is 5.75. The second-order valence-corrected chi connectivity index (χ2v) is 3.79. The fourth-order valence-corrected chi connectivity index (χ4v) is 1.42. The van der Waals surface area contributed by atoms with E-state index in [0.717, 1.165) is 0 Å². The first-order valence-corrected chi connectivity index (χ1v) is 5.75. The lowest BCUT2D eigenvalue weighted by Crippen LogP contribution is -2.04. The Kier molecular flexibility index (Phi) is 5.77. The number of esters is 1. The Hall–Kier alpha value is -2.82. The van der Waals surface area contributed by atoms with Crippen LogP contribution < -0.4 is 5.73 Å². The molecule has 5 heteroatoms. The summed E-state index contributed by atoms with van der Waals surface area (Å²) in [7, 11) is 1.28. The second kappa shape index (κ2) is 7.58. The van der Waals surface area contributed by atoms with Crippen LogP contribution in [-0.4, -0.2) is 24.5 Å². The molecule has 0 aliphatic rings. The van der Waals surface area contributed by atoms with Crippen LogP contribution in [0.25, 0.3) is 0 Å². The Morgan fingerprint density at radius 2 is 1.90 bits per heavy atom. The van der Waals surface area contributed by atoms with Crippen LogP contribution in [0.15, 0.2) is 48.5 Å². The molecule has 104 valence electrons. The number of hydrogen-bond donors (Lipinski definition) is 2. The molecule has 0 unspecified atom stereocenters. The van der Waals surface area contributed by atoms with Crippen LogP contribution in [0.3, 0.4) is 0 Å². The van der Waals surface area contributed by atoms with Crippen LogP contribution in [0.5, 0.6) is 5.75 Å². The van der Waals surface area contributed by atoms with E-state index >= 15 is 0 Å². The highest BCUT2D eigenvalue weighted by Gasteiger charge is 2.08. The van der Waals surface area contributed by atoms with E-state index in [1.807, 2.05) is 0 Å². The topological polar surface area (TPSA) is 89.6 Å². The molecule has 2 rings (SSSR count). The van der Waals surface area contributed by atoms with E-state index in [1.54, 1.807) is 42.5 Å². The molecule has 2 aromatic carbocycles. The van der Waals surface area contributed by atoms with Crippen LogP contribution in [0.1, 0.15) is 20.7 Å². The zero-order valence-corrected chi connectivity index (χ0v) is 10.9. The van der Waals surface area contributed by atoms with Gasteiger partial charge in [0.15, 0.2) is 6.29 Å². The first-order chi connectivity index (χ1) is 9.58. The summed E-state index contributed by atoms with van der Waals surface area (Å²) in [6.45, 7) is 0. The predicted molar refractivity (Wildman–Crippen MR) is 75.7 cm³/mol. The zero-order chi connectivity index (χ0) is 15.0. The lowest BCUT2D eigenvalue weighted by atomic mass is 10.1. The molecule has 0 atom stereocenters. The van der Waals surface area contributed by atoms with Gasteiger partial charge in [-0.15, -0.1) is 0 Å². The highest BCUT2D eigenvalue weighted by Crippen LogP contribution is 2.11.